The third kappa shape index (κ3) is 33.8. The number of phosphoric acid groups is 1. The zero-order chi connectivity index (χ0) is 35.1. The SMILES string of the molecule is CCCCCCCCCCCCCCCCC(=O)N[C@@H](COP(=O)(O)OCC[N+](C)(C)C)[C@H](O)CCCCCCCCCCCCC. The molecule has 3 N–H and O–H groups in total. The molecule has 8 nitrogen and oxygen atoms in total. The number of hydrogen-bond acceptors (Lipinski definition) is 5. The predicted octanol–water partition coefficient (Wildman–Crippen LogP) is 10.2. The number of amides is 1. The van der Waals surface area contributed by atoms with Gasteiger partial charge in [0.2, 0.25) is 5.91 Å². The highest BCUT2D eigenvalue weighted by Gasteiger charge is 2.28. The fraction of sp³-hybridized carbons (Fsp3) is 0.974. The van der Waals surface area contributed by atoms with Crippen LogP contribution in [0.15, 0.2) is 0 Å². The van der Waals surface area contributed by atoms with E-state index in [9.17, 15) is 19.4 Å². The molecule has 1 amide bonds. The van der Waals surface area contributed by atoms with Crippen molar-refractivity contribution in [1.29, 1.82) is 0 Å². The van der Waals surface area contributed by atoms with E-state index in [0.29, 0.717) is 23.9 Å². The molecule has 0 saturated heterocycles. The number of quaternary nitrogens is 1. The Hall–Kier alpha value is -0.500. The van der Waals surface area contributed by atoms with Crippen molar-refractivity contribution < 1.29 is 32.9 Å². The van der Waals surface area contributed by atoms with Crippen molar-refractivity contribution in [1.82, 2.24) is 5.32 Å². The van der Waals surface area contributed by atoms with E-state index in [-0.39, 0.29) is 19.1 Å². The summed E-state index contributed by atoms with van der Waals surface area (Å²) in [5, 5.41) is 13.9. The number of nitrogens with zero attached hydrogens (tertiary/aromatic N) is 1. The summed E-state index contributed by atoms with van der Waals surface area (Å²) in [5.41, 5.74) is 0. The van der Waals surface area contributed by atoms with E-state index in [2.05, 4.69) is 19.2 Å². The lowest BCUT2D eigenvalue weighted by atomic mass is 10.0. The number of carbonyl (C=O) groups is 1. The fourth-order valence-electron chi connectivity index (χ4n) is 5.87. The molecule has 0 aromatic heterocycles. The van der Waals surface area contributed by atoms with Crippen molar-refractivity contribution in [3.05, 3.63) is 0 Å². The molecule has 9 heteroatoms. The molecule has 0 aliphatic carbocycles. The van der Waals surface area contributed by atoms with Crippen LogP contribution in [0.3, 0.4) is 0 Å². The normalized spacial score (nSPS) is 14.6. The van der Waals surface area contributed by atoms with Crippen molar-refractivity contribution in [2.24, 2.45) is 0 Å². The largest absolute Gasteiger partial charge is 0.472 e. The molecule has 0 aromatic rings. The Kier molecular flexibility index (Phi) is 31.1. The molecule has 0 spiro atoms. The summed E-state index contributed by atoms with van der Waals surface area (Å²) >= 11 is 0. The van der Waals surface area contributed by atoms with E-state index < -0.39 is 20.0 Å². The minimum Gasteiger partial charge on any atom is -0.391 e. The summed E-state index contributed by atoms with van der Waals surface area (Å²) < 4.78 is 23.5. The van der Waals surface area contributed by atoms with Crippen LogP contribution in [0.1, 0.15) is 187 Å². The van der Waals surface area contributed by atoms with E-state index >= 15 is 0 Å². The fourth-order valence-corrected chi connectivity index (χ4v) is 6.60. The highest BCUT2D eigenvalue weighted by atomic mass is 31.2. The Labute approximate surface area is 291 Å². The van der Waals surface area contributed by atoms with Crippen molar-refractivity contribution in [3.63, 3.8) is 0 Å². The van der Waals surface area contributed by atoms with Gasteiger partial charge >= 0.3 is 7.82 Å². The Morgan fingerprint density at radius 3 is 1.43 bits per heavy atom. The standard InChI is InChI=1S/C38H79N2O6P/c1-6-8-10-12-14-16-18-19-20-22-24-26-28-30-32-38(42)39-36(35-46-47(43,44)45-34-33-40(3,4)5)37(41)31-29-27-25-23-21-17-15-13-11-9-7-2/h36-37,41H,6-35H2,1-5H3,(H-,39,42,43,44)/p+1/t36-,37+/m0/s1. The summed E-state index contributed by atoms with van der Waals surface area (Å²) in [6.07, 6.45) is 31.1. The van der Waals surface area contributed by atoms with Crippen LogP contribution in [0.2, 0.25) is 0 Å². The van der Waals surface area contributed by atoms with Gasteiger partial charge in [-0.3, -0.25) is 13.8 Å². The Morgan fingerprint density at radius 2 is 1.02 bits per heavy atom. The van der Waals surface area contributed by atoms with Crippen LogP contribution in [-0.4, -0.2) is 73.4 Å². The predicted molar refractivity (Wildman–Crippen MR) is 199 cm³/mol. The number of unbranched alkanes of at least 4 members (excludes halogenated alkanes) is 23. The van der Waals surface area contributed by atoms with E-state index in [4.69, 9.17) is 9.05 Å². The van der Waals surface area contributed by atoms with Crippen molar-refractivity contribution in [2.45, 2.75) is 199 Å². The van der Waals surface area contributed by atoms with Gasteiger partial charge in [-0.05, 0) is 12.8 Å². The maximum Gasteiger partial charge on any atom is 0.472 e. The highest BCUT2D eigenvalue weighted by molar-refractivity contribution is 7.47. The van der Waals surface area contributed by atoms with Gasteiger partial charge in [-0.15, -0.1) is 0 Å². The molecule has 0 bridgehead atoms. The van der Waals surface area contributed by atoms with E-state index in [1.807, 2.05) is 21.1 Å². The highest BCUT2D eigenvalue weighted by Crippen LogP contribution is 2.43. The first kappa shape index (κ1) is 46.5. The minimum absolute atomic E-state index is 0.0781. The third-order valence-corrected chi connectivity index (χ3v) is 10.1. The molecule has 0 aliphatic rings. The first-order valence-corrected chi connectivity index (χ1v) is 21.4. The molecule has 0 aliphatic heterocycles. The van der Waals surface area contributed by atoms with Crippen molar-refractivity contribution in [2.75, 3.05) is 40.9 Å². The molecule has 0 rings (SSSR count). The number of nitrogens with one attached hydrogen (secondary N) is 1. The van der Waals surface area contributed by atoms with Crippen LogP contribution < -0.4 is 5.32 Å². The molecule has 0 aromatic carbocycles. The van der Waals surface area contributed by atoms with Gasteiger partial charge in [0, 0.05) is 6.42 Å². The molecule has 282 valence electrons. The number of rotatable bonds is 36. The molecule has 1 unspecified atom stereocenters. The van der Waals surface area contributed by atoms with Gasteiger partial charge in [-0.1, -0.05) is 168 Å². The molecule has 3 atom stereocenters. The molecular weight excluding hydrogens is 611 g/mol. The summed E-state index contributed by atoms with van der Waals surface area (Å²) in [5.74, 6) is -0.144. The molecular formula is C38H80N2O6P+. The number of aliphatic hydroxyl groups is 1. The van der Waals surface area contributed by atoms with Crippen molar-refractivity contribution in [3.8, 4) is 0 Å². The van der Waals surface area contributed by atoms with Gasteiger partial charge in [-0.25, -0.2) is 4.57 Å². The zero-order valence-electron chi connectivity index (χ0n) is 31.8. The average Bonchev–Trinajstić information content (AvgIpc) is 3.01. The van der Waals surface area contributed by atoms with Crippen LogP contribution in [0.25, 0.3) is 0 Å². The number of aliphatic hydroxyl groups excluding tert-OH is 1. The molecule has 0 saturated carbocycles. The number of likely N-dealkylation sites (N-methyl/N-ethyl adjacent to an activating group) is 1. The Bertz CT molecular complexity index is 748. The summed E-state index contributed by atoms with van der Waals surface area (Å²) in [6.45, 7) is 4.87. The molecule has 0 radical (unpaired) electrons. The molecule has 0 heterocycles. The number of phosphoric ester groups is 1. The van der Waals surface area contributed by atoms with Crippen LogP contribution in [0, 0.1) is 0 Å². The second-order valence-electron chi connectivity index (χ2n) is 15.0. The second-order valence-corrected chi connectivity index (χ2v) is 16.5. The first-order valence-electron chi connectivity index (χ1n) is 19.9. The van der Waals surface area contributed by atoms with Crippen LogP contribution >= 0.6 is 7.82 Å². The average molecular weight is 692 g/mol. The smallest absolute Gasteiger partial charge is 0.391 e. The van der Waals surface area contributed by atoms with Gasteiger partial charge in [0.05, 0.1) is 39.9 Å². The minimum atomic E-state index is -4.30. The number of carbonyl (C=O) groups excluding carboxylic acids is 1. The maximum atomic E-state index is 12.8. The van der Waals surface area contributed by atoms with E-state index in [1.165, 1.54) is 122 Å². The van der Waals surface area contributed by atoms with Gasteiger partial charge in [0.1, 0.15) is 13.2 Å². The quantitative estimate of drug-likeness (QED) is 0.0343. The maximum absolute atomic E-state index is 12.8. The third-order valence-electron chi connectivity index (χ3n) is 9.11. The summed E-state index contributed by atoms with van der Waals surface area (Å²) in [7, 11) is 1.62. The molecule has 47 heavy (non-hydrogen) atoms. The Morgan fingerprint density at radius 1 is 0.638 bits per heavy atom. The zero-order valence-corrected chi connectivity index (χ0v) is 32.7. The van der Waals surface area contributed by atoms with Gasteiger partial charge in [0.25, 0.3) is 0 Å². The van der Waals surface area contributed by atoms with Gasteiger partial charge in [-0.2, -0.15) is 0 Å². The number of hydrogen-bond donors (Lipinski definition) is 3. The van der Waals surface area contributed by atoms with Crippen LogP contribution in [-0.2, 0) is 18.4 Å². The monoisotopic (exact) mass is 692 g/mol. The molecule has 0 fully saturated rings. The van der Waals surface area contributed by atoms with Crippen molar-refractivity contribution >= 4 is 13.7 Å². The summed E-state index contributed by atoms with van der Waals surface area (Å²) in [4.78, 5) is 23.0. The van der Waals surface area contributed by atoms with Gasteiger partial charge in [0.15, 0.2) is 0 Å². The van der Waals surface area contributed by atoms with E-state index in [1.54, 1.807) is 0 Å². The lowest BCUT2D eigenvalue weighted by Crippen LogP contribution is -2.46. The first-order chi connectivity index (χ1) is 22.5. The van der Waals surface area contributed by atoms with Crippen LogP contribution in [0.4, 0.5) is 0 Å². The van der Waals surface area contributed by atoms with Crippen LogP contribution in [0.5, 0.6) is 0 Å². The second kappa shape index (κ2) is 31.5. The van der Waals surface area contributed by atoms with Gasteiger partial charge < -0.3 is 19.8 Å². The van der Waals surface area contributed by atoms with E-state index in [0.717, 1.165) is 38.5 Å². The lowest BCUT2D eigenvalue weighted by molar-refractivity contribution is -0.870. The summed E-state index contributed by atoms with van der Waals surface area (Å²) in [6, 6.07) is -0.750. The Balaban J connectivity index is 4.41. The topological polar surface area (TPSA) is 105 Å². The lowest BCUT2D eigenvalue weighted by Gasteiger charge is -2.26.